The molecule has 0 aliphatic rings. The molecule has 1 aromatic carbocycles. The fourth-order valence-corrected chi connectivity index (χ4v) is 3.03. The van der Waals surface area contributed by atoms with Crippen LogP contribution in [-0.4, -0.2) is 25.5 Å². The van der Waals surface area contributed by atoms with Crippen LogP contribution in [0.4, 0.5) is 0 Å². The molecule has 0 saturated carbocycles. The zero-order chi connectivity index (χ0) is 17.6. The van der Waals surface area contributed by atoms with Gasteiger partial charge >= 0.3 is 11.8 Å². The predicted molar refractivity (Wildman–Crippen MR) is 95.1 cm³/mol. The quantitative estimate of drug-likeness (QED) is 0.664. The average Bonchev–Trinajstić information content (AvgIpc) is 3.29. The maximum atomic E-state index is 11.9. The first-order valence-corrected chi connectivity index (χ1v) is 8.65. The fourth-order valence-electron chi connectivity index (χ4n) is 2.39. The SMILES string of the molecule is CO[C@@H](CNC(=O)C(=O)NCc1cccs1)c1cc2ccccc2o1. The van der Waals surface area contributed by atoms with Gasteiger partial charge in [0.25, 0.3) is 0 Å². The van der Waals surface area contributed by atoms with E-state index in [2.05, 4.69) is 10.6 Å². The number of para-hydroxylation sites is 1. The van der Waals surface area contributed by atoms with Crippen molar-refractivity contribution in [2.24, 2.45) is 0 Å². The number of hydrogen-bond donors (Lipinski definition) is 2. The Hall–Kier alpha value is -2.64. The van der Waals surface area contributed by atoms with Gasteiger partial charge in [0.2, 0.25) is 0 Å². The standard InChI is InChI=1S/C18H18N2O4S/c1-23-16(15-9-12-5-2-3-7-14(12)24-15)11-20-18(22)17(21)19-10-13-6-4-8-25-13/h2-9,16H,10-11H2,1H3,(H,19,21)(H,20,22)/t16-/m0/s1. The molecule has 0 unspecified atom stereocenters. The number of nitrogens with one attached hydrogen (secondary N) is 2. The van der Waals surface area contributed by atoms with E-state index in [0.717, 1.165) is 15.8 Å². The minimum absolute atomic E-state index is 0.140. The Morgan fingerprint density at radius 2 is 1.96 bits per heavy atom. The molecule has 3 rings (SSSR count). The minimum atomic E-state index is -0.699. The molecule has 130 valence electrons. The molecule has 1 atom stereocenters. The van der Waals surface area contributed by atoms with Crippen LogP contribution >= 0.6 is 11.3 Å². The van der Waals surface area contributed by atoms with Crippen LogP contribution in [0.1, 0.15) is 16.7 Å². The molecule has 0 aliphatic carbocycles. The van der Waals surface area contributed by atoms with Crippen molar-refractivity contribution in [1.29, 1.82) is 0 Å². The smallest absolute Gasteiger partial charge is 0.309 e. The summed E-state index contributed by atoms with van der Waals surface area (Å²) in [6.07, 6.45) is -0.471. The third-order valence-electron chi connectivity index (χ3n) is 3.70. The van der Waals surface area contributed by atoms with E-state index in [4.69, 9.17) is 9.15 Å². The number of thiophene rings is 1. The van der Waals surface area contributed by atoms with Crippen molar-refractivity contribution >= 4 is 34.1 Å². The summed E-state index contributed by atoms with van der Waals surface area (Å²) in [7, 11) is 1.53. The molecule has 0 spiro atoms. The van der Waals surface area contributed by atoms with Gasteiger partial charge in [0.1, 0.15) is 17.4 Å². The molecule has 2 heterocycles. The first-order chi connectivity index (χ1) is 12.2. The first kappa shape index (κ1) is 17.2. The van der Waals surface area contributed by atoms with Gasteiger partial charge in [-0.3, -0.25) is 9.59 Å². The molecule has 0 radical (unpaired) electrons. The zero-order valence-electron chi connectivity index (χ0n) is 13.7. The Kier molecular flexibility index (Phi) is 5.47. The molecule has 0 saturated heterocycles. The second-order valence-corrected chi connectivity index (χ2v) is 6.42. The van der Waals surface area contributed by atoms with Gasteiger partial charge in [-0.25, -0.2) is 0 Å². The van der Waals surface area contributed by atoms with Gasteiger partial charge in [0.15, 0.2) is 0 Å². The number of amides is 2. The number of methoxy groups -OCH3 is 1. The number of furan rings is 1. The van der Waals surface area contributed by atoms with Gasteiger partial charge in [0, 0.05) is 17.4 Å². The van der Waals surface area contributed by atoms with Crippen LogP contribution in [0.25, 0.3) is 11.0 Å². The van der Waals surface area contributed by atoms with E-state index >= 15 is 0 Å². The second kappa shape index (κ2) is 7.96. The lowest BCUT2D eigenvalue weighted by molar-refractivity contribution is -0.139. The highest BCUT2D eigenvalue weighted by Crippen LogP contribution is 2.25. The topological polar surface area (TPSA) is 80.6 Å². The van der Waals surface area contributed by atoms with E-state index in [1.54, 1.807) is 0 Å². The molecular formula is C18H18N2O4S. The molecule has 25 heavy (non-hydrogen) atoms. The Balaban J connectivity index is 1.54. The van der Waals surface area contributed by atoms with Crippen LogP contribution < -0.4 is 10.6 Å². The van der Waals surface area contributed by atoms with Crippen molar-refractivity contribution in [2.45, 2.75) is 12.6 Å². The summed E-state index contributed by atoms with van der Waals surface area (Å²) in [6, 6.07) is 13.3. The molecule has 2 N–H and O–H groups in total. The Morgan fingerprint density at radius 3 is 2.68 bits per heavy atom. The Morgan fingerprint density at radius 1 is 1.16 bits per heavy atom. The molecule has 0 aliphatic heterocycles. The highest BCUT2D eigenvalue weighted by Gasteiger charge is 2.19. The van der Waals surface area contributed by atoms with Crippen molar-refractivity contribution < 1.29 is 18.7 Å². The van der Waals surface area contributed by atoms with Gasteiger partial charge in [-0.1, -0.05) is 24.3 Å². The molecular weight excluding hydrogens is 340 g/mol. The molecule has 3 aromatic rings. The number of rotatable bonds is 6. The normalized spacial score (nSPS) is 12.0. The second-order valence-electron chi connectivity index (χ2n) is 5.38. The van der Waals surface area contributed by atoms with Crippen molar-refractivity contribution in [3.8, 4) is 0 Å². The van der Waals surface area contributed by atoms with E-state index < -0.39 is 17.9 Å². The van der Waals surface area contributed by atoms with E-state index in [-0.39, 0.29) is 6.54 Å². The fraction of sp³-hybridized carbons (Fsp3) is 0.222. The number of carbonyl (C=O) groups is 2. The van der Waals surface area contributed by atoms with Crippen LogP contribution in [0.2, 0.25) is 0 Å². The predicted octanol–water partition coefficient (Wildman–Crippen LogP) is 2.61. The first-order valence-electron chi connectivity index (χ1n) is 7.77. The molecule has 2 aromatic heterocycles. The molecule has 0 bridgehead atoms. The van der Waals surface area contributed by atoms with Crippen LogP contribution in [0.5, 0.6) is 0 Å². The minimum Gasteiger partial charge on any atom is -0.458 e. The number of ether oxygens (including phenoxy) is 1. The summed E-state index contributed by atoms with van der Waals surface area (Å²) in [5.74, 6) is -0.773. The number of hydrogen-bond acceptors (Lipinski definition) is 5. The Labute approximate surface area is 148 Å². The molecule has 7 heteroatoms. The monoisotopic (exact) mass is 358 g/mol. The maximum Gasteiger partial charge on any atom is 0.309 e. The average molecular weight is 358 g/mol. The van der Waals surface area contributed by atoms with E-state index in [0.29, 0.717) is 12.3 Å². The van der Waals surface area contributed by atoms with Crippen molar-refractivity contribution in [1.82, 2.24) is 10.6 Å². The van der Waals surface area contributed by atoms with Gasteiger partial charge in [-0.15, -0.1) is 11.3 Å². The maximum absolute atomic E-state index is 11.9. The van der Waals surface area contributed by atoms with Crippen molar-refractivity contribution in [2.75, 3.05) is 13.7 Å². The number of fused-ring (bicyclic) bond motifs is 1. The Bertz CT molecular complexity index is 824. The highest BCUT2D eigenvalue weighted by molar-refractivity contribution is 7.09. The van der Waals surface area contributed by atoms with E-state index in [1.807, 2.05) is 47.8 Å². The third kappa shape index (κ3) is 4.26. The van der Waals surface area contributed by atoms with Gasteiger partial charge in [0.05, 0.1) is 13.1 Å². The third-order valence-corrected chi connectivity index (χ3v) is 4.58. The lowest BCUT2D eigenvalue weighted by Gasteiger charge is -2.13. The number of benzene rings is 1. The van der Waals surface area contributed by atoms with Crippen LogP contribution in [-0.2, 0) is 20.9 Å². The summed E-state index contributed by atoms with van der Waals surface area (Å²) in [4.78, 5) is 24.7. The van der Waals surface area contributed by atoms with Crippen molar-refractivity contribution in [3.05, 3.63) is 58.5 Å². The summed E-state index contributed by atoms with van der Waals surface area (Å²) >= 11 is 1.52. The molecule has 6 nitrogen and oxygen atoms in total. The zero-order valence-corrected chi connectivity index (χ0v) is 14.5. The summed E-state index contributed by atoms with van der Waals surface area (Å²) < 4.78 is 11.1. The van der Waals surface area contributed by atoms with Crippen LogP contribution in [0, 0.1) is 0 Å². The summed E-state index contributed by atoms with van der Waals surface area (Å²) in [5, 5.41) is 8.03. The van der Waals surface area contributed by atoms with Gasteiger partial charge < -0.3 is 19.8 Å². The molecule has 2 amide bonds. The van der Waals surface area contributed by atoms with E-state index in [1.165, 1.54) is 18.4 Å². The van der Waals surface area contributed by atoms with Gasteiger partial charge in [-0.05, 0) is 23.6 Å². The largest absolute Gasteiger partial charge is 0.458 e. The lowest BCUT2D eigenvalue weighted by Crippen LogP contribution is -2.41. The highest BCUT2D eigenvalue weighted by atomic mass is 32.1. The lowest BCUT2D eigenvalue weighted by atomic mass is 10.2. The number of carbonyl (C=O) groups excluding carboxylic acids is 2. The summed E-state index contributed by atoms with van der Waals surface area (Å²) in [5.41, 5.74) is 0.750. The van der Waals surface area contributed by atoms with E-state index in [9.17, 15) is 9.59 Å². The van der Waals surface area contributed by atoms with Crippen LogP contribution in [0.3, 0.4) is 0 Å². The van der Waals surface area contributed by atoms with Crippen molar-refractivity contribution in [3.63, 3.8) is 0 Å². The molecule has 0 fully saturated rings. The summed E-state index contributed by atoms with van der Waals surface area (Å²) in [6.45, 7) is 0.475. The van der Waals surface area contributed by atoms with Crippen LogP contribution in [0.15, 0.2) is 52.3 Å². The van der Waals surface area contributed by atoms with Gasteiger partial charge in [-0.2, -0.15) is 0 Å².